The summed E-state index contributed by atoms with van der Waals surface area (Å²) in [5, 5.41) is 0. The van der Waals surface area contributed by atoms with Gasteiger partial charge >= 0.3 is 0 Å². The maximum atomic E-state index is 5.61. The van der Waals surface area contributed by atoms with Crippen LogP contribution in [0, 0.1) is 5.41 Å². The molecule has 0 bridgehead atoms. The Morgan fingerprint density at radius 1 is 1.12 bits per heavy atom. The highest BCUT2D eigenvalue weighted by Gasteiger charge is 2.26. The van der Waals surface area contributed by atoms with Crippen molar-refractivity contribution in [2.24, 2.45) is 5.41 Å². The molecule has 1 aromatic rings. The van der Waals surface area contributed by atoms with Crippen molar-refractivity contribution < 1.29 is 9.47 Å². The molecule has 2 rings (SSSR count). The summed E-state index contributed by atoms with van der Waals surface area (Å²) in [4.78, 5) is 0. The predicted molar refractivity (Wildman–Crippen MR) is 64.9 cm³/mol. The van der Waals surface area contributed by atoms with E-state index in [2.05, 4.69) is 26.0 Å². The van der Waals surface area contributed by atoms with Gasteiger partial charge in [0.2, 0.25) is 0 Å². The zero-order valence-corrected chi connectivity index (χ0v) is 9.85. The molecule has 0 aromatic heterocycles. The molecule has 16 heavy (non-hydrogen) atoms. The molecule has 0 radical (unpaired) electrons. The van der Waals surface area contributed by atoms with Crippen molar-refractivity contribution in [1.82, 2.24) is 0 Å². The van der Waals surface area contributed by atoms with Crippen LogP contribution in [0.4, 0.5) is 0 Å². The van der Waals surface area contributed by atoms with Crippen molar-refractivity contribution in [3.8, 4) is 0 Å². The largest absolute Gasteiger partial charge is 0.348 e. The van der Waals surface area contributed by atoms with Gasteiger partial charge in [0.15, 0.2) is 6.29 Å². The molecule has 86 valence electrons. The van der Waals surface area contributed by atoms with Gasteiger partial charge in [-0.05, 0) is 11.6 Å². The smallest absolute Gasteiger partial charge is 0.177 e. The number of hydrogen-bond donors (Lipinski definition) is 0. The first kappa shape index (κ1) is 11.4. The van der Waals surface area contributed by atoms with E-state index in [0.717, 1.165) is 13.2 Å². The molecule has 0 saturated carbocycles. The van der Waals surface area contributed by atoms with Crippen LogP contribution in [-0.2, 0) is 9.47 Å². The Balaban J connectivity index is 1.90. The molecule has 1 fully saturated rings. The third-order valence-electron chi connectivity index (χ3n) is 2.52. The molecule has 0 spiro atoms. The molecule has 2 heteroatoms. The van der Waals surface area contributed by atoms with Crippen molar-refractivity contribution in [2.75, 3.05) is 13.2 Å². The average Bonchev–Trinajstić information content (AvgIpc) is 2.29. The molecule has 0 aliphatic carbocycles. The molecule has 1 aromatic carbocycles. The van der Waals surface area contributed by atoms with Crippen molar-refractivity contribution in [3.05, 3.63) is 42.0 Å². The van der Waals surface area contributed by atoms with E-state index < -0.39 is 0 Å². The van der Waals surface area contributed by atoms with Gasteiger partial charge in [0, 0.05) is 5.41 Å². The molecular formula is C14H18O2. The molecule has 1 aliphatic heterocycles. The Hall–Kier alpha value is -1.12. The first-order valence-electron chi connectivity index (χ1n) is 5.62. The van der Waals surface area contributed by atoms with Gasteiger partial charge in [-0.25, -0.2) is 0 Å². The van der Waals surface area contributed by atoms with Gasteiger partial charge < -0.3 is 9.47 Å². The second-order valence-corrected chi connectivity index (χ2v) is 4.92. The second-order valence-electron chi connectivity index (χ2n) is 4.92. The predicted octanol–water partition coefficient (Wildman–Crippen LogP) is 3.10. The Kier molecular flexibility index (Phi) is 3.42. The molecule has 0 unspecified atom stereocenters. The van der Waals surface area contributed by atoms with Crippen LogP contribution in [0.1, 0.15) is 19.4 Å². The van der Waals surface area contributed by atoms with E-state index in [9.17, 15) is 0 Å². The molecular weight excluding hydrogens is 200 g/mol. The summed E-state index contributed by atoms with van der Waals surface area (Å²) in [5.74, 6) is 0. The van der Waals surface area contributed by atoms with Crippen LogP contribution in [0.15, 0.2) is 36.4 Å². The second kappa shape index (κ2) is 4.81. The van der Waals surface area contributed by atoms with Crippen LogP contribution in [0.5, 0.6) is 0 Å². The lowest BCUT2D eigenvalue weighted by molar-refractivity contribution is -0.197. The van der Waals surface area contributed by atoms with Crippen molar-refractivity contribution in [3.63, 3.8) is 0 Å². The Labute approximate surface area is 96.9 Å². The SMILES string of the molecule is CC1(C)COC(/C=C/c2ccccc2)OC1. The van der Waals surface area contributed by atoms with Crippen molar-refractivity contribution in [2.45, 2.75) is 20.1 Å². The van der Waals surface area contributed by atoms with Crippen LogP contribution < -0.4 is 0 Å². The first-order valence-corrected chi connectivity index (χ1v) is 5.62. The molecule has 1 heterocycles. The number of rotatable bonds is 2. The van der Waals surface area contributed by atoms with Crippen molar-refractivity contribution >= 4 is 6.08 Å². The average molecular weight is 218 g/mol. The fourth-order valence-corrected chi connectivity index (χ4v) is 1.57. The minimum absolute atomic E-state index is 0.136. The van der Waals surface area contributed by atoms with Crippen LogP contribution >= 0.6 is 0 Å². The maximum absolute atomic E-state index is 5.61. The van der Waals surface area contributed by atoms with Crippen LogP contribution in [0.25, 0.3) is 6.08 Å². The van der Waals surface area contributed by atoms with E-state index in [0.29, 0.717) is 0 Å². The fourth-order valence-electron chi connectivity index (χ4n) is 1.57. The monoisotopic (exact) mass is 218 g/mol. The summed E-state index contributed by atoms with van der Waals surface area (Å²) in [6, 6.07) is 10.2. The quantitative estimate of drug-likeness (QED) is 0.759. The molecule has 0 atom stereocenters. The zero-order chi connectivity index (χ0) is 11.4. The fraction of sp³-hybridized carbons (Fsp3) is 0.429. The topological polar surface area (TPSA) is 18.5 Å². The van der Waals surface area contributed by atoms with Gasteiger partial charge in [-0.2, -0.15) is 0 Å². The van der Waals surface area contributed by atoms with Crippen molar-refractivity contribution in [1.29, 1.82) is 0 Å². The summed E-state index contributed by atoms with van der Waals surface area (Å²) < 4.78 is 11.2. The van der Waals surface area contributed by atoms with Gasteiger partial charge in [-0.15, -0.1) is 0 Å². The van der Waals surface area contributed by atoms with Gasteiger partial charge in [-0.3, -0.25) is 0 Å². The van der Waals surface area contributed by atoms with E-state index >= 15 is 0 Å². The maximum Gasteiger partial charge on any atom is 0.177 e. The highest BCUT2D eigenvalue weighted by atomic mass is 16.7. The minimum atomic E-state index is -0.201. The van der Waals surface area contributed by atoms with Crippen LogP contribution in [0.3, 0.4) is 0 Å². The standard InChI is InChI=1S/C14H18O2/c1-14(2)10-15-13(16-11-14)9-8-12-6-4-3-5-7-12/h3-9,13H,10-11H2,1-2H3/b9-8+. The Morgan fingerprint density at radius 3 is 2.38 bits per heavy atom. The third kappa shape index (κ3) is 3.19. The lowest BCUT2D eigenvalue weighted by atomic mass is 9.96. The number of benzene rings is 1. The highest BCUT2D eigenvalue weighted by Crippen LogP contribution is 2.23. The molecule has 1 saturated heterocycles. The van der Waals surface area contributed by atoms with Crippen LogP contribution in [0.2, 0.25) is 0 Å². The number of hydrogen-bond acceptors (Lipinski definition) is 2. The van der Waals surface area contributed by atoms with E-state index in [1.54, 1.807) is 0 Å². The minimum Gasteiger partial charge on any atom is -0.348 e. The summed E-state index contributed by atoms with van der Waals surface area (Å²) >= 11 is 0. The molecule has 2 nitrogen and oxygen atoms in total. The summed E-state index contributed by atoms with van der Waals surface area (Å²) in [7, 11) is 0. The normalized spacial score (nSPS) is 21.4. The van der Waals surface area contributed by atoms with Gasteiger partial charge in [0.25, 0.3) is 0 Å². The summed E-state index contributed by atoms with van der Waals surface area (Å²) in [5.41, 5.74) is 1.30. The highest BCUT2D eigenvalue weighted by molar-refractivity contribution is 5.48. The third-order valence-corrected chi connectivity index (χ3v) is 2.52. The van der Waals surface area contributed by atoms with Crippen LogP contribution in [-0.4, -0.2) is 19.5 Å². The molecule has 0 N–H and O–H groups in total. The lowest BCUT2D eigenvalue weighted by Crippen LogP contribution is -2.36. The summed E-state index contributed by atoms with van der Waals surface area (Å²) in [6.45, 7) is 5.78. The van der Waals surface area contributed by atoms with E-state index in [-0.39, 0.29) is 11.7 Å². The van der Waals surface area contributed by atoms with Gasteiger partial charge in [-0.1, -0.05) is 50.3 Å². The number of ether oxygens (including phenoxy) is 2. The van der Waals surface area contributed by atoms with E-state index in [1.165, 1.54) is 5.56 Å². The lowest BCUT2D eigenvalue weighted by Gasteiger charge is -2.33. The molecule has 0 amide bonds. The Bertz CT molecular complexity index is 344. The van der Waals surface area contributed by atoms with E-state index in [1.807, 2.05) is 30.4 Å². The molecule has 1 aliphatic rings. The summed E-state index contributed by atoms with van der Waals surface area (Å²) in [6.07, 6.45) is 3.79. The van der Waals surface area contributed by atoms with E-state index in [4.69, 9.17) is 9.47 Å². The van der Waals surface area contributed by atoms with Gasteiger partial charge in [0.05, 0.1) is 13.2 Å². The van der Waals surface area contributed by atoms with Gasteiger partial charge in [0.1, 0.15) is 0 Å². The first-order chi connectivity index (χ1) is 7.66. The Morgan fingerprint density at radius 2 is 1.75 bits per heavy atom. The zero-order valence-electron chi connectivity index (χ0n) is 9.85.